The fourth-order valence-corrected chi connectivity index (χ4v) is 6.16. The van der Waals surface area contributed by atoms with E-state index in [-0.39, 0.29) is 11.0 Å². The third-order valence-electron chi connectivity index (χ3n) is 7.15. The maximum absolute atomic E-state index is 12.9. The van der Waals surface area contributed by atoms with Gasteiger partial charge in [-0.1, -0.05) is 30.2 Å². The monoisotopic (exact) mass is 506 g/mol. The number of hydrogen-bond donors (Lipinski definition) is 0. The van der Waals surface area contributed by atoms with E-state index in [4.69, 9.17) is 4.74 Å². The SMILES string of the molecule is O=C(CC1CCC(CCN2CCc3sc(OCC(F)(F)F)nc3C2)CC1)c1cccc2nccn12. The number of hydrogen-bond acceptors (Lipinski definition) is 6. The van der Waals surface area contributed by atoms with Crippen LogP contribution in [0.3, 0.4) is 0 Å². The van der Waals surface area contributed by atoms with E-state index in [0.29, 0.717) is 30.5 Å². The Kier molecular flexibility index (Phi) is 7.11. The second-order valence-corrected chi connectivity index (χ2v) is 10.7. The van der Waals surface area contributed by atoms with Crippen molar-refractivity contribution in [2.24, 2.45) is 11.8 Å². The molecule has 1 aliphatic heterocycles. The van der Waals surface area contributed by atoms with Crippen LogP contribution in [-0.4, -0.2) is 50.9 Å². The van der Waals surface area contributed by atoms with Crippen LogP contribution in [0.25, 0.3) is 5.65 Å². The summed E-state index contributed by atoms with van der Waals surface area (Å²) in [5.74, 6) is 1.27. The number of aromatic nitrogens is 3. The van der Waals surface area contributed by atoms with E-state index in [2.05, 4.69) is 14.9 Å². The highest BCUT2D eigenvalue weighted by molar-refractivity contribution is 7.13. The highest BCUT2D eigenvalue weighted by atomic mass is 32.1. The van der Waals surface area contributed by atoms with E-state index in [1.807, 2.05) is 28.8 Å². The van der Waals surface area contributed by atoms with Crippen molar-refractivity contribution in [1.82, 2.24) is 19.3 Å². The summed E-state index contributed by atoms with van der Waals surface area (Å²) >= 11 is 1.24. The van der Waals surface area contributed by atoms with Crippen LogP contribution in [0.15, 0.2) is 30.6 Å². The van der Waals surface area contributed by atoms with Gasteiger partial charge in [-0.05, 0) is 56.2 Å². The van der Waals surface area contributed by atoms with Crippen molar-refractivity contribution >= 4 is 22.8 Å². The number of carbonyl (C=O) groups is 1. The van der Waals surface area contributed by atoms with Crippen LogP contribution >= 0.6 is 11.3 Å². The Morgan fingerprint density at radius 3 is 2.77 bits per heavy atom. The minimum atomic E-state index is -4.35. The van der Waals surface area contributed by atoms with Crippen LogP contribution in [0.4, 0.5) is 13.2 Å². The zero-order chi connectivity index (χ0) is 24.4. The molecule has 4 heterocycles. The second-order valence-electron chi connectivity index (χ2n) is 9.65. The minimum Gasteiger partial charge on any atom is -0.460 e. The molecule has 0 atom stereocenters. The molecule has 1 fully saturated rings. The smallest absolute Gasteiger partial charge is 0.422 e. The molecule has 0 saturated heterocycles. The summed E-state index contributed by atoms with van der Waals surface area (Å²) in [6.45, 7) is 1.24. The normalized spacial score (nSPS) is 21.2. The molecule has 3 aromatic rings. The number of ketones is 1. The van der Waals surface area contributed by atoms with Gasteiger partial charge in [0.1, 0.15) is 5.65 Å². The summed E-state index contributed by atoms with van der Waals surface area (Å²) in [5, 5.41) is 0.117. The molecule has 1 saturated carbocycles. The molecule has 2 aliphatic rings. The molecule has 0 unspecified atom stereocenters. The van der Waals surface area contributed by atoms with Gasteiger partial charge in [0.05, 0.1) is 11.4 Å². The number of carbonyl (C=O) groups excluding carboxylic acids is 1. The van der Waals surface area contributed by atoms with Crippen LogP contribution in [0.5, 0.6) is 5.19 Å². The molecule has 35 heavy (non-hydrogen) atoms. The average molecular weight is 507 g/mol. The number of Topliss-reactive ketones (excluding diaryl/α,β-unsaturated/α-hetero) is 1. The number of pyridine rings is 1. The van der Waals surface area contributed by atoms with Crippen molar-refractivity contribution < 1.29 is 22.7 Å². The third-order valence-corrected chi connectivity index (χ3v) is 8.22. The van der Waals surface area contributed by atoms with Crippen LogP contribution in [0, 0.1) is 11.8 Å². The number of rotatable bonds is 8. The molecule has 10 heteroatoms. The molecule has 0 bridgehead atoms. The van der Waals surface area contributed by atoms with E-state index < -0.39 is 12.8 Å². The summed E-state index contributed by atoms with van der Waals surface area (Å²) in [6.07, 6.45) is 6.13. The Bertz CT molecular complexity index is 1170. The van der Waals surface area contributed by atoms with Crippen molar-refractivity contribution in [3.05, 3.63) is 46.9 Å². The topological polar surface area (TPSA) is 59.7 Å². The lowest BCUT2D eigenvalue weighted by molar-refractivity contribution is -0.153. The molecular formula is C25H29F3N4O2S. The predicted molar refractivity (Wildman–Crippen MR) is 127 cm³/mol. The van der Waals surface area contributed by atoms with Crippen LogP contribution < -0.4 is 4.74 Å². The maximum Gasteiger partial charge on any atom is 0.422 e. The van der Waals surface area contributed by atoms with Crippen LogP contribution in [0.1, 0.15) is 59.6 Å². The molecule has 5 rings (SSSR count). The van der Waals surface area contributed by atoms with Gasteiger partial charge < -0.3 is 4.74 Å². The van der Waals surface area contributed by atoms with E-state index in [9.17, 15) is 18.0 Å². The minimum absolute atomic E-state index is 0.117. The number of thiazole rings is 1. The Morgan fingerprint density at radius 1 is 1.17 bits per heavy atom. The summed E-state index contributed by atoms with van der Waals surface area (Å²) in [6, 6.07) is 5.67. The largest absolute Gasteiger partial charge is 0.460 e. The van der Waals surface area contributed by atoms with Gasteiger partial charge in [0.2, 0.25) is 0 Å². The first-order valence-electron chi connectivity index (χ1n) is 12.2. The fraction of sp³-hybridized carbons (Fsp3) is 0.560. The number of ether oxygens (including phenoxy) is 1. The van der Waals surface area contributed by atoms with Gasteiger partial charge in [-0.2, -0.15) is 13.2 Å². The van der Waals surface area contributed by atoms with Crippen molar-refractivity contribution in [2.75, 3.05) is 19.7 Å². The zero-order valence-electron chi connectivity index (χ0n) is 19.5. The van der Waals surface area contributed by atoms with Gasteiger partial charge in [-0.25, -0.2) is 9.97 Å². The molecule has 0 amide bonds. The van der Waals surface area contributed by atoms with Crippen molar-refractivity contribution in [3.8, 4) is 5.19 Å². The fourth-order valence-electron chi connectivity index (χ4n) is 5.26. The molecule has 0 N–H and O–H groups in total. The van der Waals surface area contributed by atoms with Gasteiger partial charge in [0.15, 0.2) is 12.4 Å². The first-order chi connectivity index (χ1) is 16.8. The molecule has 0 spiro atoms. The summed E-state index contributed by atoms with van der Waals surface area (Å²) in [7, 11) is 0. The maximum atomic E-state index is 12.9. The van der Waals surface area contributed by atoms with Crippen LogP contribution in [0.2, 0.25) is 0 Å². The molecule has 0 aromatic carbocycles. The van der Waals surface area contributed by atoms with Crippen molar-refractivity contribution in [3.63, 3.8) is 0 Å². The quantitative estimate of drug-likeness (QED) is 0.375. The van der Waals surface area contributed by atoms with Gasteiger partial charge >= 0.3 is 6.18 Å². The van der Waals surface area contributed by atoms with Gasteiger partial charge in [-0.3, -0.25) is 14.1 Å². The molecule has 6 nitrogen and oxygen atoms in total. The molecule has 0 radical (unpaired) electrons. The number of fused-ring (bicyclic) bond motifs is 2. The Morgan fingerprint density at radius 2 is 1.97 bits per heavy atom. The van der Waals surface area contributed by atoms with Gasteiger partial charge in [0, 0.05) is 36.8 Å². The van der Waals surface area contributed by atoms with Crippen molar-refractivity contribution in [1.29, 1.82) is 0 Å². The molecule has 188 valence electrons. The van der Waals surface area contributed by atoms with E-state index in [1.54, 1.807) is 6.20 Å². The molecular weight excluding hydrogens is 477 g/mol. The van der Waals surface area contributed by atoms with Gasteiger partial charge in [0.25, 0.3) is 5.19 Å². The second kappa shape index (κ2) is 10.3. The summed E-state index contributed by atoms with van der Waals surface area (Å²) in [5.41, 5.74) is 2.36. The van der Waals surface area contributed by atoms with E-state index >= 15 is 0 Å². The van der Waals surface area contributed by atoms with E-state index in [0.717, 1.165) is 67.8 Å². The predicted octanol–water partition coefficient (Wildman–Crippen LogP) is 5.56. The van der Waals surface area contributed by atoms with Gasteiger partial charge in [-0.15, -0.1) is 0 Å². The van der Waals surface area contributed by atoms with E-state index in [1.165, 1.54) is 11.3 Å². The van der Waals surface area contributed by atoms with Crippen molar-refractivity contribution in [2.45, 2.75) is 57.7 Å². The first-order valence-corrected chi connectivity index (χ1v) is 13.0. The summed E-state index contributed by atoms with van der Waals surface area (Å²) in [4.78, 5) is 24.8. The number of imidazole rings is 1. The highest BCUT2D eigenvalue weighted by Gasteiger charge is 2.30. The number of halogens is 3. The average Bonchev–Trinajstić information content (AvgIpc) is 3.48. The lowest BCUT2D eigenvalue weighted by Gasteiger charge is -2.31. The highest BCUT2D eigenvalue weighted by Crippen LogP contribution is 2.35. The lowest BCUT2D eigenvalue weighted by atomic mass is 9.78. The first kappa shape index (κ1) is 24.2. The van der Waals surface area contributed by atoms with Crippen LogP contribution in [-0.2, 0) is 13.0 Å². The standard InChI is InChI=1S/C25H29F3N4O2S/c26-25(27,28)16-34-24-30-19-15-31(12-9-22(19)35-24)11-8-17-4-6-18(7-5-17)14-21(33)20-2-1-3-23-29-10-13-32(20)23/h1-3,10,13,17-18H,4-9,11-12,14-16H2. The molecule has 3 aromatic heterocycles. The third kappa shape index (κ3) is 6.03. The molecule has 1 aliphatic carbocycles. The zero-order valence-corrected chi connectivity index (χ0v) is 20.3. The number of alkyl halides is 3. The Labute approximate surface area is 206 Å². The number of nitrogens with zero attached hydrogens (tertiary/aromatic N) is 4. The Hall–Kier alpha value is -2.46. The summed E-state index contributed by atoms with van der Waals surface area (Å²) < 4.78 is 43.9. The Balaban J connectivity index is 1.05. The lowest BCUT2D eigenvalue weighted by Crippen LogP contribution is -2.32.